The van der Waals surface area contributed by atoms with Crippen LogP contribution in [0.25, 0.3) is 0 Å². The fourth-order valence-corrected chi connectivity index (χ4v) is 2.63. The number of carbonyl (C=O) groups is 2. The van der Waals surface area contributed by atoms with Crippen LogP contribution in [-0.2, 0) is 4.79 Å². The zero-order valence-corrected chi connectivity index (χ0v) is 12.7. The quantitative estimate of drug-likeness (QED) is 0.877. The molecule has 5 nitrogen and oxygen atoms in total. The fourth-order valence-electron chi connectivity index (χ4n) is 2.50. The molecule has 114 valence electrons. The molecule has 1 aromatic carbocycles. The summed E-state index contributed by atoms with van der Waals surface area (Å²) in [6.07, 6.45) is 3.82. The Hall–Kier alpha value is -1.75. The number of urea groups is 1. The highest BCUT2D eigenvalue weighted by atomic mass is 35.5. The van der Waals surface area contributed by atoms with Crippen LogP contribution in [0.3, 0.4) is 0 Å². The Bertz CT molecular complexity index is 521. The van der Waals surface area contributed by atoms with Gasteiger partial charge in [-0.25, -0.2) is 4.79 Å². The lowest BCUT2D eigenvalue weighted by Gasteiger charge is -2.43. The van der Waals surface area contributed by atoms with Crippen LogP contribution < -0.4 is 10.2 Å². The fraction of sp³-hybridized carbons (Fsp3) is 0.467. The smallest absolute Gasteiger partial charge is 0.323 e. The van der Waals surface area contributed by atoms with Crippen molar-refractivity contribution in [1.29, 1.82) is 0 Å². The third kappa shape index (κ3) is 3.67. The normalized spacial score (nSPS) is 15.9. The highest BCUT2D eigenvalue weighted by Crippen LogP contribution is 2.35. The lowest BCUT2D eigenvalue weighted by Crippen LogP contribution is -2.57. The molecule has 0 unspecified atom stereocenters. The van der Waals surface area contributed by atoms with E-state index in [1.807, 2.05) is 6.92 Å². The lowest BCUT2D eigenvalue weighted by atomic mass is 9.75. The van der Waals surface area contributed by atoms with Gasteiger partial charge < -0.3 is 10.4 Å². The average molecular weight is 311 g/mol. The Labute approximate surface area is 128 Å². The molecule has 0 spiro atoms. The topological polar surface area (TPSA) is 69.6 Å². The van der Waals surface area contributed by atoms with Gasteiger partial charge in [-0.1, -0.05) is 18.5 Å². The molecular formula is C15H19ClN2O3. The maximum absolute atomic E-state index is 12.4. The molecule has 2 rings (SSSR count). The molecule has 1 aliphatic carbocycles. The second-order valence-corrected chi connectivity index (χ2v) is 5.81. The molecule has 0 aliphatic heterocycles. The zero-order valence-electron chi connectivity index (χ0n) is 11.9. The number of carboxylic acid groups (broad SMARTS) is 1. The Balaban J connectivity index is 2.17. The minimum atomic E-state index is -1.06. The van der Waals surface area contributed by atoms with Gasteiger partial charge in [0.1, 0.15) is 6.54 Å². The zero-order chi connectivity index (χ0) is 15.5. The Morgan fingerprint density at radius 2 is 1.95 bits per heavy atom. The number of carboxylic acids is 1. The van der Waals surface area contributed by atoms with E-state index in [0.29, 0.717) is 10.7 Å². The van der Waals surface area contributed by atoms with Gasteiger partial charge in [0.05, 0.1) is 0 Å². The number of anilines is 1. The van der Waals surface area contributed by atoms with E-state index in [0.717, 1.165) is 25.7 Å². The van der Waals surface area contributed by atoms with E-state index in [-0.39, 0.29) is 18.1 Å². The van der Waals surface area contributed by atoms with Crippen LogP contribution in [0, 0.1) is 0 Å². The highest BCUT2D eigenvalue weighted by molar-refractivity contribution is 6.30. The van der Waals surface area contributed by atoms with Gasteiger partial charge >= 0.3 is 12.0 Å². The van der Waals surface area contributed by atoms with Gasteiger partial charge in [0.15, 0.2) is 0 Å². The van der Waals surface area contributed by atoms with Crippen molar-refractivity contribution in [3.05, 3.63) is 29.3 Å². The monoisotopic (exact) mass is 310 g/mol. The number of nitrogens with one attached hydrogen (secondary N) is 1. The summed E-state index contributed by atoms with van der Waals surface area (Å²) in [5, 5.41) is 12.6. The van der Waals surface area contributed by atoms with Crippen molar-refractivity contribution in [3.8, 4) is 0 Å². The van der Waals surface area contributed by atoms with Gasteiger partial charge in [-0.15, -0.1) is 0 Å². The van der Waals surface area contributed by atoms with Crippen LogP contribution in [0.15, 0.2) is 24.3 Å². The van der Waals surface area contributed by atoms with E-state index in [4.69, 9.17) is 16.7 Å². The van der Waals surface area contributed by atoms with Crippen LogP contribution in [0.2, 0.25) is 5.02 Å². The van der Waals surface area contributed by atoms with E-state index in [1.54, 1.807) is 24.3 Å². The molecule has 1 aliphatic rings. The van der Waals surface area contributed by atoms with Crippen LogP contribution >= 0.6 is 11.6 Å². The molecule has 1 aromatic rings. The molecule has 1 fully saturated rings. The molecule has 0 radical (unpaired) electrons. The summed E-state index contributed by atoms with van der Waals surface area (Å²) >= 11 is 5.83. The molecule has 0 atom stereocenters. The molecule has 0 saturated heterocycles. The summed E-state index contributed by atoms with van der Waals surface area (Å²) in [6.45, 7) is 1.65. The van der Waals surface area contributed by atoms with Crippen LogP contribution in [0.4, 0.5) is 10.5 Å². The standard InChI is InChI=1S/C15H19ClN2O3/c1-2-15(8-3-9-15)17-14(21)18(10-13(19)20)12-6-4-11(16)5-7-12/h4-7H,2-3,8-10H2,1H3,(H,17,21)(H,19,20). The van der Waals surface area contributed by atoms with E-state index in [9.17, 15) is 9.59 Å². The number of amides is 2. The van der Waals surface area contributed by atoms with Gasteiger partial charge in [0.2, 0.25) is 0 Å². The number of hydrogen-bond acceptors (Lipinski definition) is 2. The summed E-state index contributed by atoms with van der Waals surface area (Å²) in [7, 11) is 0. The van der Waals surface area contributed by atoms with Crippen LogP contribution in [0.5, 0.6) is 0 Å². The van der Waals surface area contributed by atoms with Crippen LogP contribution in [0.1, 0.15) is 32.6 Å². The van der Waals surface area contributed by atoms with Gasteiger partial charge in [0.25, 0.3) is 0 Å². The van der Waals surface area contributed by atoms with Crippen molar-refractivity contribution < 1.29 is 14.7 Å². The SMILES string of the molecule is CCC1(NC(=O)N(CC(=O)O)c2ccc(Cl)cc2)CCC1. The van der Waals surface area contributed by atoms with Crippen molar-refractivity contribution >= 4 is 29.3 Å². The van der Waals surface area contributed by atoms with Gasteiger partial charge in [-0.05, 0) is 49.9 Å². The average Bonchev–Trinajstić information content (AvgIpc) is 2.41. The maximum Gasteiger partial charge on any atom is 0.323 e. The molecule has 1 saturated carbocycles. The first-order chi connectivity index (χ1) is 9.96. The number of carbonyl (C=O) groups excluding carboxylic acids is 1. The molecule has 0 aromatic heterocycles. The first-order valence-electron chi connectivity index (χ1n) is 7.03. The first kappa shape index (κ1) is 15.6. The van der Waals surface area contributed by atoms with E-state index >= 15 is 0 Å². The summed E-state index contributed by atoms with van der Waals surface area (Å²) < 4.78 is 0. The second-order valence-electron chi connectivity index (χ2n) is 5.37. The molecular weight excluding hydrogens is 292 g/mol. The first-order valence-corrected chi connectivity index (χ1v) is 7.40. The molecule has 0 heterocycles. The number of hydrogen-bond donors (Lipinski definition) is 2. The Kier molecular flexibility index (Phi) is 4.73. The molecule has 2 N–H and O–H groups in total. The largest absolute Gasteiger partial charge is 0.480 e. The second kappa shape index (κ2) is 6.35. The van der Waals surface area contributed by atoms with E-state index < -0.39 is 5.97 Å². The minimum Gasteiger partial charge on any atom is -0.480 e. The lowest BCUT2D eigenvalue weighted by molar-refractivity contribution is -0.135. The maximum atomic E-state index is 12.4. The number of nitrogens with zero attached hydrogens (tertiary/aromatic N) is 1. The number of rotatable bonds is 5. The third-order valence-corrected chi connectivity index (χ3v) is 4.29. The van der Waals surface area contributed by atoms with Crippen molar-refractivity contribution in [2.75, 3.05) is 11.4 Å². The minimum absolute atomic E-state index is 0.180. The summed E-state index contributed by atoms with van der Waals surface area (Å²) in [5.74, 6) is -1.06. The van der Waals surface area contributed by atoms with E-state index in [2.05, 4.69) is 5.32 Å². The highest BCUT2D eigenvalue weighted by Gasteiger charge is 2.37. The summed E-state index contributed by atoms with van der Waals surface area (Å²) in [6, 6.07) is 6.19. The van der Waals surface area contributed by atoms with Crippen molar-refractivity contribution in [2.45, 2.75) is 38.1 Å². The number of benzene rings is 1. The van der Waals surface area contributed by atoms with Gasteiger partial charge in [-0.3, -0.25) is 9.69 Å². The molecule has 6 heteroatoms. The van der Waals surface area contributed by atoms with Crippen molar-refractivity contribution in [1.82, 2.24) is 5.32 Å². The van der Waals surface area contributed by atoms with E-state index in [1.165, 1.54) is 4.90 Å². The number of halogens is 1. The summed E-state index contributed by atoms with van der Waals surface area (Å²) in [5.41, 5.74) is 0.338. The predicted molar refractivity (Wildman–Crippen MR) is 81.8 cm³/mol. The molecule has 21 heavy (non-hydrogen) atoms. The third-order valence-electron chi connectivity index (χ3n) is 4.04. The molecule has 2 amide bonds. The Morgan fingerprint density at radius 3 is 2.38 bits per heavy atom. The number of aliphatic carboxylic acids is 1. The van der Waals surface area contributed by atoms with Gasteiger partial charge in [0, 0.05) is 16.2 Å². The van der Waals surface area contributed by atoms with Crippen molar-refractivity contribution in [2.24, 2.45) is 0 Å². The Morgan fingerprint density at radius 1 is 1.33 bits per heavy atom. The summed E-state index contributed by atoms with van der Waals surface area (Å²) in [4.78, 5) is 24.7. The van der Waals surface area contributed by atoms with Crippen LogP contribution in [-0.4, -0.2) is 29.2 Å². The molecule has 0 bridgehead atoms. The van der Waals surface area contributed by atoms with Crippen molar-refractivity contribution in [3.63, 3.8) is 0 Å². The predicted octanol–water partition coefficient (Wildman–Crippen LogP) is 3.27. The van der Waals surface area contributed by atoms with Gasteiger partial charge in [-0.2, -0.15) is 0 Å².